The van der Waals surface area contributed by atoms with Crippen LogP contribution in [0.15, 0.2) is 54.3 Å². The summed E-state index contributed by atoms with van der Waals surface area (Å²) in [4.78, 5) is 0. The molecule has 0 radical (unpaired) electrons. The Morgan fingerprint density at radius 1 is 0.857 bits per heavy atom. The van der Waals surface area contributed by atoms with Gasteiger partial charge in [0.05, 0.1) is 5.76 Å². The van der Waals surface area contributed by atoms with E-state index in [4.69, 9.17) is 9.16 Å². The zero-order chi connectivity index (χ0) is 25.5. The Bertz CT molecular complexity index is 1270. The average molecular weight is 503 g/mol. The van der Waals surface area contributed by atoms with Crippen molar-refractivity contribution in [2.45, 2.75) is 64.1 Å². The Morgan fingerprint density at radius 2 is 1.49 bits per heavy atom. The molecule has 1 aliphatic rings. The summed E-state index contributed by atoms with van der Waals surface area (Å²) in [5.74, 6) is -7.17. The molecule has 3 aromatic carbocycles. The second-order valence-electron chi connectivity index (χ2n) is 10.6. The lowest BCUT2D eigenvalue weighted by Crippen LogP contribution is -2.40. The molecule has 0 spiro atoms. The SMILES string of the molecule is CC(C)(C)[Si](C)(C)OC1=CC(c2c(F)c(F)c(Oc3ccc4ccccc4c3)c(F)c2F)CCC1. The maximum atomic E-state index is 15.2. The first-order valence-corrected chi connectivity index (χ1v) is 14.7. The second-order valence-corrected chi connectivity index (χ2v) is 15.3. The molecular formula is C28H30F4O2Si. The van der Waals surface area contributed by atoms with Crippen molar-refractivity contribution in [3.05, 3.63) is 83.1 Å². The molecule has 0 aliphatic heterocycles. The zero-order valence-corrected chi connectivity index (χ0v) is 21.6. The Labute approximate surface area is 204 Å². The molecule has 0 amide bonds. The van der Waals surface area contributed by atoms with Gasteiger partial charge in [0.25, 0.3) is 0 Å². The van der Waals surface area contributed by atoms with Crippen molar-refractivity contribution >= 4 is 19.1 Å². The molecule has 1 unspecified atom stereocenters. The predicted molar refractivity (Wildman–Crippen MR) is 133 cm³/mol. The Hall–Kier alpha value is -2.80. The third-order valence-electron chi connectivity index (χ3n) is 7.09. The van der Waals surface area contributed by atoms with Crippen molar-refractivity contribution < 1.29 is 26.7 Å². The van der Waals surface area contributed by atoms with Crippen LogP contribution in [-0.4, -0.2) is 8.32 Å². The van der Waals surface area contributed by atoms with Crippen LogP contribution in [0.2, 0.25) is 18.1 Å². The Morgan fingerprint density at radius 3 is 2.11 bits per heavy atom. The van der Waals surface area contributed by atoms with Crippen molar-refractivity contribution in [2.75, 3.05) is 0 Å². The van der Waals surface area contributed by atoms with Crippen LogP contribution in [0.25, 0.3) is 10.8 Å². The fourth-order valence-electron chi connectivity index (χ4n) is 4.07. The first-order chi connectivity index (χ1) is 16.4. The van der Waals surface area contributed by atoms with E-state index in [9.17, 15) is 0 Å². The van der Waals surface area contributed by atoms with E-state index in [-0.39, 0.29) is 10.8 Å². The van der Waals surface area contributed by atoms with Gasteiger partial charge in [-0.3, -0.25) is 0 Å². The van der Waals surface area contributed by atoms with Gasteiger partial charge in [0.2, 0.25) is 25.7 Å². The van der Waals surface area contributed by atoms with Crippen LogP contribution in [0.4, 0.5) is 17.6 Å². The molecule has 35 heavy (non-hydrogen) atoms. The summed E-state index contributed by atoms with van der Waals surface area (Å²) in [6.45, 7) is 10.4. The topological polar surface area (TPSA) is 18.5 Å². The Kier molecular flexibility index (Phi) is 6.75. The average Bonchev–Trinajstić information content (AvgIpc) is 2.80. The van der Waals surface area contributed by atoms with Gasteiger partial charge in [0.1, 0.15) is 5.75 Å². The van der Waals surface area contributed by atoms with Gasteiger partial charge in [0, 0.05) is 17.9 Å². The molecule has 0 fully saturated rings. The normalized spacial score (nSPS) is 16.8. The first-order valence-electron chi connectivity index (χ1n) is 11.8. The minimum absolute atomic E-state index is 0.0583. The van der Waals surface area contributed by atoms with Crippen LogP contribution in [0.1, 0.15) is 51.5 Å². The van der Waals surface area contributed by atoms with Crippen molar-refractivity contribution in [3.8, 4) is 11.5 Å². The Balaban J connectivity index is 1.68. The third-order valence-corrected chi connectivity index (χ3v) is 11.5. The van der Waals surface area contributed by atoms with Crippen molar-refractivity contribution in [1.29, 1.82) is 0 Å². The highest BCUT2D eigenvalue weighted by Gasteiger charge is 2.40. The lowest BCUT2D eigenvalue weighted by molar-refractivity contribution is 0.336. The second kappa shape index (κ2) is 9.34. The highest BCUT2D eigenvalue weighted by Crippen LogP contribution is 2.43. The van der Waals surface area contributed by atoms with Gasteiger partial charge in [-0.2, -0.15) is 8.78 Å². The lowest BCUT2D eigenvalue weighted by Gasteiger charge is -2.38. The van der Waals surface area contributed by atoms with Crippen LogP contribution in [0.5, 0.6) is 11.5 Å². The summed E-state index contributed by atoms with van der Waals surface area (Å²) in [7, 11) is -2.17. The van der Waals surface area contributed by atoms with Crippen molar-refractivity contribution in [1.82, 2.24) is 0 Å². The number of fused-ring (bicyclic) bond motifs is 1. The van der Waals surface area contributed by atoms with Crippen LogP contribution in [0.3, 0.4) is 0 Å². The van der Waals surface area contributed by atoms with Gasteiger partial charge in [-0.1, -0.05) is 51.1 Å². The zero-order valence-electron chi connectivity index (χ0n) is 20.6. The molecule has 186 valence electrons. The first kappa shape index (κ1) is 25.3. The van der Waals surface area contributed by atoms with Gasteiger partial charge in [-0.25, -0.2) is 8.78 Å². The van der Waals surface area contributed by atoms with E-state index in [1.165, 1.54) is 6.07 Å². The molecule has 0 heterocycles. The van der Waals surface area contributed by atoms with Crippen LogP contribution in [-0.2, 0) is 4.43 Å². The summed E-state index contributed by atoms with van der Waals surface area (Å²) in [6, 6.07) is 12.1. The summed E-state index contributed by atoms with van der Waals surface area (Å²) in [6.07, 6.45) is 3.21. The molecule has 0 saturated carbocycles. The number of hydrogen-bond donors (Lipinski definition) is 0. The fraction of sp³-hybridized carbons (Fsp3) is 0.357. The minimum Gasteiger partial charge on any atom is -0.547 e. The molecule has 1 aliphatic carbocycles. The molecule has 0 bridgehead atoms. The molecule has 0 saturated heterocycles. The molecule has 7 heteroatoms. The van der Waals surface area contributed by atoms with Crippen LogP contribution < -0.4 is 4.74 Å². The molecular weight excluding hydrogens is 472 g/mol. The maximum Gasteiger partial charge on any atom is 0.250 e. The van der Waals surface area contributed by atoms with E-state index in [0.717, 1.165) is 10.8 Å². The maximum absolute atomic E-state index is 15.2. The number of halogens is 4. The standard InChI is InChI=1S/C28H30F4O2Si/c1-28(2,3)35(4,5)34-21-12-8-11-19(16-21)22-23(29)25(31)27(26(32)24(22)30)33-20-14-13-17-9-6-7-10-18(17)15-20/h6-7,9-10,13-16,19H,8,11-12H2,1-5H3. The van der Waals surface area contributed by atoms with E-state index >= 15 is 17.6 Å². The van der Waals surface area contributed by atoms with Gasteiger partial charge < -0.3 is 9.16 Å². The van der Waals surface area contributed by atoms with Crippen molar-refractivity contribution in [3.63, 3.8) is 0 Å². The highest BCUT2D eigenvalue weighted by atomic mass is 28.4. The molecule has 4 rings (SSSR count). The summed E-state index contributed by atoms with van der Waals surface area (Å²) >= 11 is 0. The molecule has 0 N–H and O–H groups in total. The monoisotopic (exact) mass is 502 g/mol. The molecule has 2 nitrogen and oxygen atoms in total. The molecule has 0 aromatic heterocycles. The van der Waals surface area contributed by atoms with E-state index in [0.29, 0.717) is 25.0 Å². The third kappa shape index (κ3) is 4.96. The summed E-state index contributed by atoms with van der Waals surface area (Å²) in [5.41, 5.74) is -0.623. The van der Waals surface area contributed by atoms with Crippen LogP contribution in [0, 0.1) is 23.3 Å². The predicted octanol–water partition coefficient (Wildman–Crippen LogP) is 9.36. The minimum atomic E-state index is -2.17. The lowest BCUT2D eigenvalue weighted by atomic mass is 9.87. The highest BCUT2D eigenvalue weighted by molar-refractivity contribution is 6.74. The van der Waals surface area contributed by atoms with E-state index in [2.05, 4.69) is 33.9 Å². The summed E-state index contributed by atoms with van der Waals surface area (Å²) < 4.78 is 72.0. The quantitative estimate of drug-likeness (QED) is 0.197. The van der Waals surface area contributed by atoms with E-state index < -0.39 is 48.8 Å². The number of benzene rings is 3. The molecule has 3 aromatic rings. The van der Waals surface area contributed by atoms with Crippen LogP contribution >= 0.6 is 0 Å². The van der Waals surface area contributed by atoms with E-state index in [1.807, 2.05) is 18.2 Å². The summed E-state index contributed by atoms with van der Waals surface area (Å²) in [5, 5.41) is 1.61. The van der Waals surface area contributed by atoms with Gasteiger partial charge in [-0.15, -0.1) is 0 Å². The fourth-order valence-corrected chi connectivity index (χ4v) is 5.20. The van der Waals surface area contributed by atoms with Gasteiger partial charge in [-0.05, 0) is 60.0 Å². The van der Waals surface area contributed by atoms with Gasteiger partial charge >= 0.3 is 0 Å². The number of hydrogen-bond acceptors (Lipinski definition) is 2. The largest absolute Gasteiger partial charge is 0.547 e. The smallest absolute Gasteiger partial charge is 0.250 e. The molecule has 1 atom stereocenters. The van der Waals surface area contributed by atoms with Crippen molar-refractivity contribution in [2.24, 2.45) is 0 Å². The number of ether oxygens (including phenoxy) is 1. The van der Waals surface area contributed by atoms with Gasteiger partial charge in [0.15, 0.2) is 11.6 Å². The number of allylic oxidation sites excluding steroid dienone is 2. The van der Waals surface area contributed by atoms with E-state index in [1.54, 1.807) is 24.3 Å². The number of rotatable bonds is 5.